The average Bonchev–Trinajstić information content (AvgIpc) is 2.35. The first-order valence-corrected chi connectivity index (χ1v) is 5.46. The van der Waals surface area contributed by atoms with Crippen LogP contribution in [0.25, 0.3) is 0 Å². The molecule has 2 aromatic rings. The summed E-state index contributed by atoms with van der Waals surface area (Å²) >= 11 is 4.85. The van der Waals surface area contributed by atoms with Crippen LogP contribution in [0.15, 0.2) is 36.5 Å². The zero-order chi connectivity index (χ0) is 13.1. The van der Waals surface area contributed by atoms with E-state index in [-0.39, 0.29) is 16.5 Å². The molecular formula is C12H9F2N3S. The summed E-state index contributed by atoms with van der Waals surface area (Å²) in [6.07, 6.45) is 1.50. The van der Waals surface area contributed by atoms with Crippen LogP contribution in [0, 0.1) is 11.6 Å². The van der Waals surface area contributed by atoms with Gasteiger partial charge in [0, 0.05) is 6.20 Å². The highest BCUT2D eigenvalue weighted by atomic mass is 32.1. The van der Waals surface area contributed by atoms with Gasteiger partial charge in [0.15, 0.2) is 11.6 Å². The van der Waals surface area contributed by atoms with E-state index in [2.05, 4.69) is 10.3 Å². The summed E-state index contributed by atoms with van der Waals surface area (Å²) < 4.78 is 26.5. The second-order valence-electron chi connectivity index (χ2n) is 3.49. The fraction of sp³-hybridized carbons (Fsp3) is 0. The molecular weight excluding hydrogens is 256 g/mol. The molecule has 0 unspecified atom stereocenters. The van der Waals surface area contributed by atoms with Crippen molar-refractivity contribution in [2.45, 2.75) is 0 Å². The van der Waals surface area contributed by atoms with Crippen molar-refractivity contribution in [3.8, 4) is 0 Å². The third kappa shape index (κ3) is 2.43. The predicted octanol–water partition coefficient (Wildman–Crippen LogP) is 2.74. The van der Waals surface area contributed by atoms with Crippen molar-refractivity contribution in [3.05, 3.63) is 53.7 Å². The van der Waals surface area contributed by atoms with Crippen LogP contribution in [0.2, 0.25) is 0 Å². The van der Waals surface area contributed by atoms with Crippen LogP contribution >= 0.6 is 12.2 Å². The van der Waals surface area contributed by atoms with Crippen molar-refractivity contribution in [1.82, 2.24) is 4.98 Å². The molecule has 0 aliphatic carbocycles. The fourth-order valence-electron chi connectivity index (χ4n) is 1.43. The lowest BCUT2D eigenvalue weighted by atomic mass is 10.2. The van der Waals surface area contributed by atoms with Crippen LogP contribution in [0.1, 0.15) is 5.56 Å². The highest BCUT2D eigenvalue weighted by molar-refractivity contribution is 7.80. The van der Waals surface area contributed by atoms with E-state index in [1.165, 1.54) is 18.3 Å². The molecule has 0 spiro atoms. The maximum atomic E-state index is 13.5. The van der Waals surface area contributed by atoms with Crippen LogP contribution in [-0.4, -0.2) is 9.97 Å². The summed E-state index contributed by atoms with van der Waals surface area (Å²) in [5.74, 6) is -1.63. The zero-order valence-electron chi connectivity index (χ0n) is 9.15. The van der Waals surface area contributed by atoms with Crippen LogP contribution in [0.5, 0.6) is 0 Å². The molecule has 1 heterocycles. The molecule has 6 heteroatoms. The van der Waals surface area contributed by atoms with Crippen LogP contribution in [0.3, 0.4) is 0 Å². The van der Waals surface area contributed by atoms with Crippen LogP contribution < -0.4 is 11.1 Å². The Morgan fingerprint density at radius 1 is 1.22 bits per heavy atom. The van der Waals surface area contributed by atoms with E-state index in [9.17, 15) is 8.78 Å². The number of aromatic nitrogens is 1. The van der Waals surface area contributed by atoms with Crippen molar-refractivity contribution in [3.63, 3.8) is 0 Å². The monoisotopic (exact) mass is 265 g/mol. The normalized spacial score (nSPS) is 10.1. The molecule has 0 saturated carbocycles. The van der Waals surface area contributed by atoms with Gasteiger partial charge >= 0.3 is 0 Å². The lowest BCUT2D eigenvalue weighted by Gasteiger charge is -2.10. The smallest absolute Gasteiger partial charge is 0.182 e. The van der Waals surface area contributed by atoms with Gasteiger partial charge in [0.25, 0.3) is 0 Å². The maximum Gasteiger partial charge on any atom is 0.182 e. The summed E-state index contributed by atoms with van der Waals surface area (Å²) in [4.78, 5) is 4.13. The molecule has 0 aliphatic rings. The van der Waals surface area contributed by atoms with Gasteiger partial charge in [-0.15, -0.1) is 0 Å². The van der Waals surface area contributed by atoms with Gasteiger partial charge in [-0.2, -0.15) is 0 Å². The highest BCUT2D eigenvalue weighted by Crippen LogP contribution is 2.22. The summed E-state index contributed by atoms with van der Waals surface area (Å²) in [7, 11) is 0. The van der Waals surface area contributed by atoms with Gasteiger partial charge in [0.1, 0.15) is 10.8 Å². The molecule has 0 amide bonds. The molecule has 0 atom stereocenters. The largest absolute Gasteiger partial charge is 0.389 e. The van der Waals surface area contributed by atoms with E-state index in [0.717, 1.165) is 6.07 Å². The van der Waals surface area contributed by atoms with Gasteiger partial charge in [-0.1, -0.05) is 18.3 Å². The lowest BCUT2D eigenvalue weighted by Crippen LogP contribution is -2.13. The van der Waals surface area contributed by atoms with Crippen LogP contribution in [-0.2, 0) is 0 Å². The first-order valence-electron chi connectivity index (χ1n) is 5.05. The number of thiocarbonyl (C=S) groups is 1. The third-order valence-electron chi connectivity index (χ3n) is 2.28. The summed E-state index contributed by atoms with van der Waals surface area (Å²) in [5, 5.41) is 2.67. The van der Waals surface area contributed by atoms with Gasteiger partial charge < -0.3 is 11.1 Å². The van der Waals surface area contributed by atoms with E-state index in [1.807, 2.05) is 0 Å². The Morgan fingerprint density at radius 2 is 2.00 bits per heavy atom. The molecule has 18 heavy (non-hydrogen) atoms. The van der Waals surface area contributed by atoms with E-state index in [4.69, 9.17) is 18.0 Å². The number of hydrogen-bond acceptors (Lipinski definition) is 3. The Balaban J connectivity index is 2.40. The van der Waals surface area contributed by atoms with Gasteiger partial charge in [-0.05, 0) is 24.3 Å². The van der Waals surface area contributed by atoms with Crippen molar-refractivity contribution >= 4 is 28.7 Å². The molecule has 2 rings (SSSR count). The van der Waals surface area contributed by atoms with Crippen molar-refractivity contribution in [2.24, 2.45) is 5.73 Å². The Bertz CT molecular complexity index is 602. The molecule has 0 fully saturated rings. The molecule has 1 aromatic carbocycles. The quantitative estimate of drug-likeness (QED) is 0.838. The van der Waals surface area contributed by atoms with Crippen molar-refractivity contribution in [1.29, 1.82) is 0 Å². The standard InChI is InChI=1S/C12H9F2N3S/c13-8-4-1-5-9(10(8)14)17-12-7(11(15)18)3-2-6-16-12/h1-6H,(H2,15,18)(H,16,17). The topological polar surface area (TPSA) is 50.9 Å². The minimum Gasteiger partial charge on any atom is -0.389 e. The molecule has 0 radical (unpaired) electrons. The van der Waals surface area contributed by atoms with Crippen LogP contribution in [0.4, 0.5) is 20.3 Å². The van der Waals surface area contributed by atoms with E-state index < -0.39 is 11.6 Å². The third-order valence-corrected chi connectivity index (χ3v) is 2.50. The number of nitrogens with two attached hydrogens (primary N) is 1. The zero-order valence-corrected chi connectivity index (χ0v) is 9.97. The lowest BCUT2D eigenvalue weighted by molar-refractivity contribution is 0.511. The van der Waals surface area contributed by atoms with Gasteiger partial charge in [0.05, 0.1) is 11.3 Å². The fourth-order valence-corrected chi connectivity index (χ4v) is 1.60. The number of rotatable bonds is 3. The first-order chi connectivity index (χ1) is 8.59. The Kier molecular flexibility index (Phi) is 3.47. The molecule has 92 valence electrons. The molecule has 1 aromatic heterocycles. The molecule has 0 saturated heterocycles. The SMILES string of the molecule is NC(=S)c1cccnc1Nc1cccc(F)c1F. The highest BCUT2D eigenvalue weighted by Gasteiger charge is 2.11. The summed E-state index contributed by atoms with van der Waals surface area (Å²) in [5.41, 5.74) is 5.97. The number of hydrogen-bond donors (Lipinski definition) is 2. The second-order valence-corrected chi connectivity index (χ2v) is 3.93. The van der Waals surface area contributed by atoms with E-state index in [1.54, 1.807) is 12.1 Å². The Morgan fingerprint density at radius 3 is 2.72 bits per heavy atom. The number of nitrogens with zero attached hydrogens (tertiary/aromatic N) is 1. The number of pyridine rings is 1. The first kappa shape index (κ1) is 12.4. The minimum absolute atomic E-state index is 0.0220. The van der Waals surface area contributed by atoms with Crippen molar-refractivity contribution in [2.75, 3.05) is 5.32 Å². The molecule has 3 nitrogen and oxygen atoms in total. The number of benzene rings is 1. The molecule has 0 aliphatic heterocycles. The van der Waals surface area contributed by atoms with Gasteiger partial charge in [0.2, 0.25) is 0 Å². The van der Waals surface area contributed by atoms with Gasteiger partial charge in [-0.25, -0.2) is 13.8 Å². The minimum atomic E-state index is -0.975. The Labute approximate surface area is 108 Å². The van der Waals surface area contributed by atoms with E-state index in [0.29, 0.717) is 5.56 Å². The second kappa shape index (κ2) is 5.05. The molecule has 3 N–H and O–H groups in total. The number of halogens is 2. The summed E-state index contributed by atoms with van der Waals surface area (Å²) in [6.45, 7) is 0. The Hall–Kier alpha value is -2.08. The maximum absolute atomic E-state index is 13.5. The van der Waals surface area contributed by atoms with Crippen molar-refractivity contribution < 1.29 is 8.78 Å². The molecule has 0 bridgehead atoms. The number of nitrogens with one attached hydrogen (secondary N) is 1. The number of anilines is 2. The van der Waals surface area contributed by atoms with E-state index >= 15 is 0 Å². The average molecular weight is 265 g/mol. The van der Waals surface area contributed by atoms with Gasteiger partial charge in [-0.3, -0.25) is 0 Å². The summed E-state index contributed by atoms with van der Waals surface area (Å²) in [6, 6.07) is 7.13. The predicted molar refractivity (Wildman–Crippen MR) is 69.8 cm³/mol.